The fraction of sp³-hybridized carbons (Fsp3) is 0.261. The number of esters is 2. The Morgan fingerprint density at radius 1 is 1.07 bits per heavy atom. The summed E-state index contributed by atoms with van der Waals surface area (Å²) < 4.78 is 10.3. The van der Waals surface area contributed by atoms with Gasteiger partial charge in [0.25, 0.3) is 0 Å². The molecule has 3 rings (SSSR count). The fourth-order valence-corrected chi connectivity index (χ4v) is 3.36. The lowest BCUT2D eigenvalue weighted by molar-refractivity contribution is -0.139. The monoisotopic (exact) mass is 408 g/mol. The van der Waals surface area contributed by atoms with E-state index < -0.39 is 18.0 Å². The summed E-state index contributed by atoms with van der Waals surface area (Å²) in [5.41, 5.74) is 2.53. The van der Waals surface area contributed by atoms with Crippen LogP contribution in [0.1, 0.15) is 37.9 Å². The molecule has 1 N–H and O–H groups in total. The summed E-state index contributed by atoms with van der Waals surface area (Å²) in [6.45, 7) is 5.36. The van der Waals surface area contributed by atoms with Gasteiger partial charge in [-0.1, -0.05) is 42.5 Å². The molecule has 0 spiro atoms. The Morgan fingerprint density at radius 2 is 1.73 bits per heavy atom. The molecule has 30 heavy (non-hydrogen) atoms. The Bertz CT molecular complexity index is 967. The van der Waals surface area contributed by atoms with Gasteiger partial charge in [-0.15, -0.1) is 0 Å². The second kappa shape index (κ2) is 9.26. The number of hydrogen-bond donors (Lipinski definition) is 1. The van der Waals surface area contributed by atoms with Crippen LogP contribution < -0.4 is 10.1 Å². The van der Waals surface area contributed by atoms with Crippen LogP contribution in [-0.4, -0.2) is 29.5 Å². The van der Waals surface area contributed by atoms with Crippen molar-refractivity contribution < 1.29 is 23.9 Å². The number of carbonyl (C=O) groups excluding carboxylic acids is 3. The van der Waals surface area contributed by atoms with Crippen LogP contribution in [0.3, 0.4) is 0 Å². The van der Waals surface area contributed by atoms with Crippen molar-refractivity contribution in [2.45, 2.75) is 33.4 Å². The molecule has 0 fully saturated rings. The molecule has 0 radical (unpaired) electrons. The van der Waals surface area contributed by atoms with Gasteiger partial charge in [-0.05, 0) is 37.1 Å². The van der Waals surface area contributed by atoms with Crippen LogP contribution in [0.4, 0.5) is 4.79 Å². The summed E-state index contributed by atoms with van der Waals surface area (Å²) in [4.78, 5) is 38.3. The molecule has 7 nitrogen and oxygen atoms in total. The van der Waals surface area contributed by atoms with Crippen molar-refractivity contribution in [3.8, 4) is 5.75 Å². The first-order valence-electron chi connectivity index (χ1n) is 9.69. The van der Waals surface area contributed by atoms with Crippen molar-refractivity contribution >= 4 is 18.0 Å². The first kappa shape index (κ1) is 21.1. The minimum absolute atomic E-state index is 0.223. The van der Waals surface area contributed by atoms with Crippen molar-refractivity contribution in [1.82, 2.24) is 10.2 Å². The smallest absolute Gasteiger partial charge is 0.338 e. The Kier molecular flexibility index (Phi) is 6.51. The molecule has 2 aromatic rings. The predicted octanol–water partition coefficient (Wildman–Crippen LogP) is 3.72. The number of hydrogen-bond acceptors (Lipinski definition) is 5. The summed E-state index contributed by atoms with van der Waals surface area (Å²) in [5.74, 6) is -0.521. The second-order valence-corrected chi connectivity index (χ2v) is 6.84. The molecule has 2 amide bonds. The number of ether oxygens (including phenoxy) is 2. The van der Waals surface area contributed by atoms with E-state index >= 15 is 0 Å². The van der Waals surface area contributed by atoms with Gasteiger partial charge in [-0.25, -0.2) is 9.59 Å². The molecule has 0 aliphatic carbocycles. The minimum atomic E-state index is -0.671. The van der Waals surface area contributed by atoms with Gasteiger partial charge in [-0.3, -0.25) is 9.69 Å². The topological polar surface area (TPSA) is 84.9 Å². The van der Waals surface area contributed by atoms with E-state index in [9.17, 15) is 14.4 Å². The molecule has 156 valence electrons. The van der Waals surface area contributed by atoms with E-state index in [0.717, 1.165) is 5.56 Å². The quantitative estimate of drug-likeness (QED) is 0.582. The van der Waals surface area contributed by atoms with E-state index in [1.54, 1.807) is 38.1 Å². The van der Waals surface area contributed by atoms with E-state index in [2.05, 4.69) is 5.32 Å². The molecular weight excluding hydrogens is 384 g/mol. The zero-order valence-electron chi connectivity index (χ0n) is 17.2. The van der Waals surface area contributed by atoms with Gasteiger partial charge in [-0.2, -0.15) is 0 Å². The van der Waals surface area contributed by atoms with E-state index in [1.165, 1.54) is 11.8 Å². The molecule has 1 heterocycles. The van der Waals surface area contributed by atoms with Crippen molar-refractivity contribution in [2.75, 3.05) is 6.61 Å². The highest BCUT2D eigenvalue weighted by atomic mass is 16.5. The third-order valence-electron chi connectivity index (χ3n) is 4.75. The maximum absolute atomic E-state index is 12.9. The Labute approximate surface area is 175 Å². The summed E-state index contributed by atoms with van der Waals surface area (Å²) in [7, 11) is 0. The predicted molar refractivity (Wildman–Crippen MR) is 110 cm³/mol. The maximum Gasteiger partial charge on any atom is 0.338 e. The van der Waals surface area contributed by atoms with E-state index in [0.29, 0.717) is 29.1 Å². The minimum Gasteiger partial charge on any atom is -0.463 e. The zero-order chi connectivity index (χ0) is 21.7. The average Bonchev–Trinajstić information content (AvgIpc) is 2.72. The highest BCUT2D eigenvalue weighted by Crippen LogP contribution is 2.33. The number of urea groups is 1. The number of benzene rings is 2. The van der Waals surface area contributed by atoms with E-state index in [-0.39, 0.29) is 12.6 Å². The van der Waals surface area contributed by atoms with Crippen molar-refractivity contribution in [3.63, 3.8) is 0 Å². The van der Waals surface area contributed by atoms with Gasteiger partial charge >= 0.3 is 18.0 Å². The lowest BCUT2D eigenvalue weighted by Crippen LogP contribution is -2.47. The number of amides is 2. The van der Waals surface area contributed by atoms with E-state index in [4.69, 9.17) is 9.47 Å². The normalized spacial score (nSPS) is 16.2. The SMILES string of the molecule is CCOC(=O)C1=C(C)N(Cc2ccccc2)C(=O)NC1c1ccc(OC(C)=O)cc1. The third-order valence-corrected chi connectivity index (χ3v) is 4.75. The zero-order valence-corrected chi connectivity index (χ0v) is 17.2. The highest BCUT2D eigenvalue weighted by molar-refractivity contribution is 5.95. The molecule has 7 heteroatoms. The van der Waals surface area contributed by atoms with Crippen molar-refractivity contribution in [1.29, 1.82) is 0 Å². The highest BCUT2D eigenvalue weighted by Gasteiger charge is 2.36. The lowest BCUT2D eigenvalue weighted by atomic mass is 9.94. The molecule has 0 aromatic heterocycles. The molecule has 0 bridgehead atoms. The van der Waals surface area contributed by atoms with E-state index in [1.807, 2.05) is 30.3 Å². The van der Waals surface area contributed by atoms with Crippen LogP contribution in [0.15, 0.2) is 65.9 Å². The molecule has 1 aliphatic rings. The first-order chi connectivity index (χ1) is 14.4. The summed E-state index contributed by atoms with van der Waals surface area (Å²) >= 11 is 0. The second-order valence-electron chi connectivity index (χ2n) is 6.84. The third kappa shape index (κ3) is 4.68. The van der Waals surface area contributed by atoms with Crippen LogP contribution in [0.2, 0.25) is 0 Å². The molecule has 1 aliphatic heterocycles. The fourth-order valence-electron chi connectivity index (χ4n) is 3.36. The van der Waals surface area contributed by atoms with Gasteiger partial charge in [0, 0.05) is 12.6 Å². The Balaban J connectivity index is 1.97. The van der Waals surface area contributed by atoms with Crippen LogP contribution in [0.5, 0.6) is 5.75 Å². The summed E-state index contributed by atoms with van der Waals surface area (Å²) in [6, 6.07) is 15.2. The van der Waals surface area contributed by atoms with Crippen molar-refractivity contribution in [3.05, 3.63) is 77.0 Å². The summed E-state index contributed by atoms with van der Waals surface area (Å²) in [5, 5.41) is 2.90. The largest absolute Gasteiger partial charge is 0.463 e. The van der Waals surface area contributed by atoms with Crippen LogP contribution in [0, 0.1) is 0 Å². The molecule has 0 saturated carbocycles. The summed E-state index contributed by atoms with van der Waals surface area (Å²) in [6.07, 6.45) is 0. The van der Waals surface area contributed by atoms with Crippen LogP contribution >= 0.6 is 0 Å². The average molecular weight is 408 g/mol. The molecule has 2 aromatic carbocycles. The van der Waals surface area contributed by atoms with Gasteiger partial charge in [0.05, 0.1) is 24.8 Å². The van der Waals surface area contributed by atoms with Crippen LogP contribution in [0.25, 0.3) is 0 Å². The van der Waals surface area contributed by atoms with Gasteiger partial charge in [0.1, 0.15) is 5.75 Å². The van der Waals surface area contributed by atoms with Gasteiger partial charge in [0.2, 0.25) is 0 Å². The van der Waals surface area contributed by atoms with Gasteiger partial charge < -0.3 is 14.8 Å². The molecule has 1 atom stereocenters. The van der Waals surface area contributed by atoms with Crippen molar-refractivity contribution in [2.24, 2.45) is 0 Å². The molecule has 1 unspecified atom stereocenters. The standard InChI is InChI=1S/C23H24N2O5/c1-4-29-22(27)20-15(2)25(14-17-8-6-5-7-9-17)23(28)24-21(20)18-10-12-19(13-11-18)30-16(3)26/h5-13,21H,4,14H2,1-3H3,(H,24,28). The number of nitrogens with one attached hydrogen (secondary N) is 1. The lowest BCUT2D eigenvalue weighted by Gasteiger charge is -2.35. The Hall–Kier alpha value is -3.61. The molecular formula is C23H24N2O5. The molecule has 0 saturated heterocycles. The first-order valence-corrected chi connectivity index (χ1v) is 9.69. The van der Waals surface area contributed by atoms with Crippen LogP contribution in [-0.2, 0) is 20.9 Å². The number of nitrogens with zero attached hydrogens (tertiary/aromatic N) is 1. The Morgan fingerprint density at radius 3 is 2.33 bits per heavy atom. The van der Waals surface area contributed by atoms with Gasteiger partial charge in [0.15, 0.2) is 0 Å². The maximum atomic E-state index is 12.9. The number of allylic oxidation sites excluding steroid dienone is 1. The number of rotatable bonds is 6. The number of carbonyl (C=O) groups is 3.